The van der Waals surface area contributed by atoms with Gasteiger partial charge in [0.25, 0.3) is 0 Å². The fourth-order valence-corrected chi connectivity index (χ4v) is 4.67. The maximum atomic E-state index is 11.8. The summed E-state index contributed by atoms with van der Waals surface area (Å²) in [6.07, 6.45) is 0.395. The first-order valence-corrected chi connectivity index (χ1v) is 10.4. The number of carbonyl (C=O) groups excluding carboxylic acids is 1. The Labute approximate surface area is 177 Å². The van der Waals surface area contributed by atoms with Gasteiger partial charge >= 0.3 is 5.97 Å². The topological polar surface area (TPSA) is 51.1 Å². The number of methoxy groups -OCH3 is 1. The maximum Gasteiger partial charge on any atom is 0.337 e. The summed E-state index contributed by atoms with van der Waals surface area (Å²) in [5, 5.41) is 9.65. The molecule has 2 aromatic carbocycles. The van der Waals surface area contributed by atoms with Gasteiger partial charge in [-0.1, -0.05) is 29.8 Å². The fourth-order valence-electron chi connectivity index (χ4n) is 3.77. The Hall–Kier alpha value is -2.83. The highest BCUT2D eigenvalue weighted by Crippen LogP contribution is 2.48. The number of halogens is 1. The van der Waals surface area contributed by atoms with Crippen LogP contribution < -0.4 is 4.74 Å². The number of ether oxygens (including phenoxy) is 2. The van der Waals surface area contributed by atoms with E-state index in [4.69, 9.17) is 26.2 Å². The molecule has 7 heteroatoms. The third-order valence-electron chi connectivity index (χ3n) is 5.17. The van der Waals surface area contributed by atoms with Gasteiger partial charge in [-0.25, -0.2) is 9.80 Å². The molecule has 2 atom stereocenters. The summed E-state index contributed by atoms with van der Waals surface area (Å²) < 4.78 is 11.1. The zero-order valence-corrected chi connectivity index (χ0v) is 17.1. The third kappa shape index (κ3) is 3.18. The Bertz CT molecular complexity index is 1100. The van der Waals surface area contributed by atoms with Crippen LogP contribution in [0.5, 0.6) is 5.75 Å². The second-order valence-electron chi connectivity index (χ2n) is 6.89. The van der Waals surface area contributed by atoms with E-state index in [-0.39, 0.29) is 12.0 Å². The molecule has 0 amide bonds. The molecule has 0 aliphatic carbocycles. The zero-order chi connectivity index (χ0) is 20.0. The van der Waals surface area contributed by atoms with Crippen LogP contribution in [-0.4, -0.2) is 23.8 Å². The highest BCUT2D eigenvalue weighted by atomic mass is 35.5. The van der Waals surface area contributed by atoms with Crippen molar-refractivity contribution < 1.29 is 14.3 Å². The molecule has 2 aliphatic rings. The minimum atomic E-state index is -0.391. The Morgan fingerprint density at radius 2 is 2.07 bits per heavy atom. The minimum Gasteiger partial charge on any atom is -0.465 e. The number of benzene rings is 2. The standard InChI is InChI=1S/C22H17ClN2O3S/c1-27-22(26)14-6-4-13(5-7-14)21-25-18(12-17(24-25)20-3-2-10-29-20)16-11-15(23)8-9-19(16)28-21/h2-11,18,21H,12H2,1H3/t18-,21-/m1/s1. The fraction of sp³-hybridized carbons (Fsp3) is 0.182. The van der Waals surface area contributed by atoms with Crippen molar-refractivity contribution in [1.82, 2.24) is 5.01 Å². The summed E-state index contributed by atoms with van der Waals surface area (Å²) in [7, 11) is 1.37. The lowest BCUT2D eigenvalue weighted by atomic mass is 9.97. The summed E-state index contributed by atoms with van der Waals surface area (Å²) in [5.74, 6) is 0.443. The van der Waals surface area contributed by atoms with Gasteiger partial charge in [0, 0.05) is 22.6 Å². The molecule has 0 radical (unpaired) electrons. The molecule has 0 spiro atoms. The second-order valence-corrected chi connectivity index (χ2v) is 8.27. The molecule has 146 valence electrons. The Kier molecular flexibility index (Phi) is 4.53. The van der Waals surface area contributed by atoms with Crippen LogP contribution in [0, 0.1) is 0 Å². The third-order valence-corrected chi connectivity index (χ3v) is 6.33. The molecule has 0 N–H and O–H groups in total. The van der Waals surface area contributed by atoms with Crippen LogP contribution in [0.3, 0.4) is 0 Å². The van der Waals surface area contributed by atoms with Crippen LogP contribution >= 0.6 is 22.9 Å². The van der Waals surface area contributed by atoms with E-state index in [0.29, 0.717) is 10.6 Å². The number of hydrogen-bond donors (Lipinski definition) is 0. The van der Waals surface area contributed by atoms with Crippen LogP contribution in [0.2, 0.25) is 5.02 Å². The number of nitrogens with zero attached hydrogens (tertiary/aromatic N) is 2. The van der Waals surface area contributed by atoms with Crippen molar-refractivity contribution >= 4 is 34.6 Å². The number of hydrazone groups is 1. The van der Waals surface area contributed by atoms with E-state index in [2.05, 4.69) is 11.4 Å². The summed E-state index contributed by atoms with van der Waals surface area (Å²) in [6.45, 7) is 0. The first-order valence-electron chi connectivity index (χ1n) is 9.18. The Morgan fingerprint density at radius 1 is 1.24 bits per heavy atom. The molecule has 5 rings (SSSR count). The number of hydrogen-bond acceptors (Lipinski definition) is 6. The smallest absolute Gasteiger partial charge is 0.337 e. The Morgan fingerprint density at radius 3 is 2.79 bits per heavy atom. The highest BCUT2D eigenvalue weighted by Gasteiger charge is 2.41. The lowest BCUT2D eigenvalue weighted by molar-refractivity contribution is -0.0190. The molecule has 5 nitrogen and oxygen atoms in total. The van der Waals surface area contributed by atoms with Crippen molar-refractivity contribution in [3.05, 3.63) is 86.6 Å². The molecule has 3 aromatic rings. The van der Waals surface area contributed by atoms with Crippen molar-refractivity contribution in [3.8, 4) is 5.75 Å². The van der Waals surface area contributed by atoms with Gasteiger partial charge in [-0.3, -0.25) is 0 Å². The van der Waals surface area contributed by atoms with Gasteiger partial charge in [-0.2, -0.15) is 5.10 Å². The van der Waals surface area contributed by atoms with Gasteiger partial charge < -0.3 is 9.47 Å². The van der Waals surface area contributed by atoms with Gasteiger partial charge in [-0.05, 0) is 41.8 Å². The average molecular weight is 425 g/mol. The first kappa shape index (κ1) is 18.2. The maximum absolute atomic E-state index is 11.8. The molecule has 0 bridgehead atoms. The molecule has 29 heavy (non-hydrogen) atoms. The summed E-state index contributed by atoms with van der Waals surface area (Å²) >= 11 is 7.94. The number of esters is 1. The Balaban J connectivity index is 1.56. The quantitative estimate of drug-likeness (QED) is 0.526. The van der Waals surface area contributed by atoms with Crippen molar-refractivity contribution in [2.24, 2.45) is 5.10 Å². The highest BCUT2D eigenvalue weighted by molar-refractivity contribution is 7.12. The van der Waals surface area contributed by atoms with E-state index in [1.807, 2.05) is 41.4 Å². The van der Waals surface area contributed by atoms with Gasteiger partial charge in [0.2, 0.25) is 6.23 Å². The minimum absolute atomic E-state index is 0.0415. The summed E-state index contributed by atoms with van der Waals surface area (Å²) in [4.78, 5) is 12.9. The molecule has 0 fully saturated rings. The number of thiophene rings is 1. The molecule has 3 heterocycles. The van der Waals surface area contributed by atoms with E-state index in [0.717, 1.165) is 33.9 Å². The zero-order valence-electron chi connectivity index (χ0n) is 15.5. The summed E-state index contributed by atoms with van der Waals surface area (Å²) in [6, 6.07) is 17.1. The monoisotopic (exact) mass is 424 g/mol. The number of fused-ring (bicyclic) bond motifs is 3. The van der Waals surface area contributed by atoms with Gasteiger partial charge in [0.1, 0.15) is 5.75 Å². The van der Waals surface area contributed by atoms with Crippen LogP contribution in [0.25, 0.3) is 0 Å². The van der Waals surface area contributed by atoms with Crippen LogP contribution in [0.1, 0.15) is 45.1 Å². The lowest BCUT2D eigenvalue weighted by Gasteiger charge is -2.38. The largest absolute Gasteiger partial charge is 0.465 e. The van der Waals surface area contributed by atoms with Gasteiger partial charge in [-0.15, -0.1) is 11.3 Å². The van der Waals surface area contributed by atoms with Crippen molar-refractivity contribution in [2.45, 2.75) is 18.7 Å². The predicted octanol–water partition coefficient (Wildman–Crippen LogP) is 5.43. The molecule has 1 aromatic heterocycles. The molecule has 0 saturated carbocycles. The number of carbonyl (C=O) groups is 1. The van der Waals surface area contributed by atoms with E-state index in [1.165, 1.54) is 7.11 Å². The van der Waals surface area contributed by atoms with Gasteiger partial charge in [0.05, 0.1) is 29.3 Å². The van der Waals surface area contributed by atoms with E-state index >= 15 is 0 Å². The van der Waals surface area contributed by atoms with Crippen molar-refractivity contribution in [1.29, 1.82) is 0 Å². The molecule has 0 unspecified atom stereocenters. The van der Waals surface area contributed by atoms with Crippen LogP contribution in [0.15, 0.2) is 65.1 Å². The van der Waals surface area contributed by atoms with E-state index in [9.17, 15) is 4.79 Å². The first-order chi connectivity index (χ1) is 14.1. The lowest BCUT2D eigenvalue weighted by Crippen LogP contribution is -2.33. The predicted molar refractivity (Wildman–Crippen MR) is 113 cm³/mol. The SMILES string of the molecule is COC(=O)c1ccc([C@H]2Oc3ccc(Cl)cc3[C@H]3CC(c4cccs4)=NN32)cc1. The van der Waals surface area contributed by atoms with Crippen LogP contribution in [0.4, 0.5) is 0 Å². The summed E-state index contributed by atoms with van der Waals surface area (Å²) in [5.41, 5.74) is 3.49. The van der Waals surface area contributed by atoms with Crippen molar-refractivity contribution in [3.63, 3.8) is 0 Å². The molecular weight excluding hydrogens is 408 g/mol. The second kappa shape index (κ2) is 7.21. The van der Waals surface area contributed by atoms with E-state index in [1.54, 1.807) is 23.5 Å². The van der Waals surface area contributed by atoms with Gasteiger partial charge in [0.15, 0.2) is 0 Å². The molecular formula is C22H17ClN2O3S. The van der Waals surface area contributed by atoms with Crippen LogP contribution in [-0.2, 0) is 4.74 Å². The molecule has 2 aliphatic heterocycles. The van der Waals surface area contributed by atoms with Crippen molar-refractivity contribution in [2.75, 3.05) is 7.11 Å². The number of rotatable bonds is 3. The average Bonchev–Trinajstić information content (AvgIpc) is 3.43. The molecule has 0 saturated heterocycles. The van der Waals surface area contributed by atoms with E-state index < -0.39 is 6.23 Å². The normalized spacial score (nSPS) is 19.8.